The third kappa shape index (κ3) is 4.77. The molecule has 7 heteroatoms. The summed E-state index contributed by atoms with van der Waals surface area (Å²) in [5.74, 6) is -1.14. The molecule has 1 unspecified atom stereocenters. The SMILES string of the molecule is C[C@@H](NC(=O)C1CCCCS1(=O)=O)C(=O)OC(C)(C)C. The number of esters is 1. The van der Waals surface area contributed by atoms with Crippen molar-refractivity contribution in [2.24, 2.45) is 0 Å². The standard InChI is InChI=1S/C13H23NO5S/c1-9(12(16)19-13(2,3)4)14-11(15)10-7-5-6-8-20(10,17)18/h9-10H,5-8H2,1-4H3,(H,14,15)/t9-,10?/m1/s1. The van der Waals surface area contributed by atoms with E-state index < -0.39 is 38.6 Å². The van der Waals surface area contributed by atoms with Crippen molar-refractivity contribution in [3.63, 3.8) is 0 Å². The van der Waals surface area contributed by atoms with Gasteiger partial charge in [-0.25, -0.2) is 13.2 Å². The topological polar surface area (TPSA) is 89.5 Å². The zero-order chi connectivity index (χ0) is 15.6. The summed E-state index contributed by atoms with van der Waals surface area (Å²) in [7, 11) is -3.39. The first-order valence-electron chi connectivity index (χ1n) is 6.78. The van der Waals surface area contributed by atoms with Gasteiger partial charge in [-0.05, 0) is 40.5 Å². The first-order chi connectivity index (χ1) is 9.03. The molecular formula is C13H23NO5S. The molecule has 1 rings (SSSR count). The summed E-state index contributed by atoms with van der Waals surface area (Å²) in [5.41, 5.74) is -0.646. The molecule has 0 aromatic rings. The molecular weight excluding hydrogens is 282 g/mol. The maximum absolute atomic E-state index is 12.0. The van der Waals surface area contributed by atoms with Gasteiger partial charge in [0.05, 0.1) is 5.75 Å². The van der Waals surface area contributed by atoms with Crippen LogP contribution in [-0.2, 0) is 24.2 Å². The van der Waals surface area contributed by atoms with Crippen molar-refractivity contribution in [3.05, 3.63) is 0 Å². The molecule has 1 amide bonds. The minimum absolute atomic E-state index is 0.0336. The lowest BCUT2D eigenvalue weighted by molar-refractivity contribution is -0.158. The van der Waals surface area contributed by atoms with Crippen LogP contribution in [0, 0.1) is 0 Å². The monoisotopic (exact) mass is 305 g/mol. The molecule has 0 bridgehead atoms. The van der Waals surface area contributed by atoms with E-state index in [1.165, 1.54) is 6.92 Å². The summed E-state index contributed by atoms with van der Waals surface area (Å²) < 4.78 is 28.8. The van der Waals surface area contributed by atoms with Gasteiger partial charge in [0, 0.05) is 0 Å². The van der Waals surface area contributed by atoms with Gasteiger partial charge in [0.25, 0.3) is 0 Å². The number of amides is 1. The molecule has 2 atom stereocenters. The molecule has 1 fully saturated rings. The summed E-state index contributed by atoms with van der Waals surface area (Å²) in [5, 5.41) is 1.39. The van der Waals surface area contributed by atoms with Crippen molar-refractivity contribution in [2.75, 3.05) is 5.75 Å². The molecule has 0 saturated carbocycles. The van der Waals surface area contributed by atoms with Crippen LogP contribution in [0.1, 0.15) is 47.0 Å². The van der Waals surface area contributed by atoms with Crippen LogP contribution in [0.5, 0.6) is 0 Å². The number of nitrogens with one attached hydrogen (secondary N) is 1. The van der Waals surface area contributed by atoms with Crippen LogP contribution in [0.2, 0.25) is 0 Å². The van der Waals surface area contributed by atoms with E-state index in [2.05, 4.69) is 5.32 Å². The van der Waals surface area contributed by atoms with Crippen LogP contribution < -0.4 is 5.32 Å². The second-order valence-corrected chi connectivity index (χ2v) is 8.42. The third-order valence-corrected chi connectivity index (χ3v) is 5.16. The molecule has 116 valence electrons. The molecule has 1 N–H and O–H groups in total. The average Bonchev–Trinajstić information content (AvgIpc) is 2.25. The fraction of sp³-hybridized carbons (Fsp3) is 0.846. The minimum atomic E-state index is -3.39. The van der Waals surface area contributed by atoms with E-state index >= 15 is 0 Å². The van der Waals surface area contributed by atoms with Crippen molar-refractivity contribution in [3.8, 4) is 0 Å². The molecule has 6 nitrogen and oxygen atoms in total. The van der Waals surface area contributed by atoms with Gasteiger partial charge in [-0.2, -0.15) is 0 Å². The summed E-state index contributed by atoms with van der Waals surface area (Å²) in [6.07, 6.45) is 1.61. The number of ether oxygens (including phenoxy) is 1. The van der Waals surface area contributed by atoms with Crippen LogP contribution in [0.25, 0.3) is 0 Å². The molecule has 0 aliphatic carbocycles. The summed E-state index contributed by atoms with van der Waals surface area (Å²) in [6, 6.07) is -0.862. The van der Waals surface area contributed by atoms with Crippen LogP contribution >= 0.6 is 0 Å². The van der Waals surface area contributed by atoms with E-state index in [0.29, 0.717) is 19.3 Å². The third-order valence-electron chi connectivity index (χ3n) is 2.99. The largest absolute Gasteiger partial charge is 0.458 e. The van der Waals surface area contributed by atoms with E-state index in [1.54, 1.807) is 20.8 Å². The first kappa shape index (κ1) is 16.9. The van der Waals surface area contributed by atoms with Crippen molar-refractivity contribution in [1.82, 2.24) is 5.32 Å². The lowest BCUT2D eigenvalue weighted by Gasteiger charge is -2.25. The molecule has 1 heterocycles. The quantitative estimate of drug-likeness (QED) is 0.779. The van der Waals surface area contributed by atoms with Crippen molar-refractivity contribution >= 4 is 21.7 Å². The van der Waals surface area contributed by atoms with E-state index in [0.717, 1.165) is 0 Å². The molecule has 20 heavy (non-hydrogen) atoms. The van der Waals surface area contributed by atoms with E-state index in [1.807, 2.05) is 0 Å². The van der Waals surface area contributed by atoms with Gasteiger partial charge >= 0.3 is 5.97 Å². The highest BCUT2D eigenvalue weighted by Gasteiger charge is 2.36. The van der Waals surface area contributed by atoms with E-state index in [-0.39, 0.29) is 5.75 Å². The highest BCUT2D eigenvalue weighted by molar-refractivity contribution is 7.92. The average molecular weight is 305 g/mol. The predicted molar refractivity (Wildman–Crippen MR) is 74.9 cm³/mol. The maximum atomic E-state index is 12.0. The first-order valence-corrected chi connectivity index (χ1v) is 8.49. The van der Waals surface area contributed by atoms with Crippen LogP contribution in [-0.4, -0.2) is 42.9 Å². The molecule has 1 aliphatic rings. The number of sulfone groups is 1. The molecule has 0 aromatic carbocycles. The number of hydrogen-bond acceptors (Lipinski definition) is 5. The van der Waals surface area contributed by atoms with Gasteiger partial charge in [0.2, 0.25) is 5.91 Å². The van der Waals surface area contributed by atoms with Gasteiger partial charge < -0.3 is 10.1 Å². The molecule has 0 spiro atoms. The van der Waals surface area contributed by atoms with Gasteiger partial charge in [-0.3, -0.25) is 4.79 Å². The Morgan fingerprint density at radius 3 is 2.35 bits per heavy atom. The number of rotatable bonds is 3. The predicted octanol–water partition coefficient (Wildman–Crippen LogP) is 0.800. The Kier molecular flexibility index (Phi) is 5.18. The van der Waals surface area contributed by atoms with E-state index in [4.69, 9.17) is 4.74 Å². The molecule has 1 saturated heterocycles. The highest BCUT2D eigenvalue weighted by Crippen LogP contribution is 2.19. The Labute approximate surface area is 120 Å². The zero-order valence-corrected chi connectivity index (χ0v) is 13.2. The Balaban J connectivity index is 2.64. The minimum Gasteiger partial charge on any atom is -0.458 e. The smallest absolute Gasteiger partial charge is 0.328 e. The second-order valence-electron chi connectivity index (χ2n) is 6.12. The maximum Gasteiger partial charge on any atom is 0.328 e. The Morgan fingerprint density at radius 2 is 1.85 bits per heavy atom. The number of hydrogen-bond donors (Lipinski definition) is 1. The summed E-state index contributed by atoms with van der Waals surface area (Å²) >= 11 is 0. The van der Waals surface area contributed by atoms with Gasteiger partial charge in [0.15, 0.2) is 9.84 Å². The van der Waals surface area contributed by atoms with Crippen LogP contribution in [0.4, 0.5) is 0 Å². The normalized spacial score (nSPS) is 23.7. The fourth-order valence-electron chi connectivity index (χ4n) is 2.00. The van der Waals surface area contributed by atoms with Crippen molar-refractivity contribution in [1.29, 1.82) is 0 Å². The second kappa shape index (κ2) is 6.11. The molecule has 0 radical (unpaired) electrons. The lowest BCUT2D eigenvalue weighted by Crippen LogP contribution is -2.49. The Bertz CT molecular complexity index is 477. The Hall–Kier alpha value is -1.11. The van der Waals surface area contributed by atoms with Crippen LogP contribution in [0.15, 0.2) is 0 Å². The Morgan fingerprint density at radius 1 is 1.25 bits per heavy atom. The zero-order valence-electron chi connectivity index (χ0n) is 12.4. The molecule has 0 aromatic heterocycles. The molecule has 1 aliphatic heterocycles. The number of carbonyl (C=O) groups is 2. The van der Waals surface area contributed by atoms with Crippen LogP contribution in [0.3, 0.4) is 0 Å². The number of carbonyl (C=O) groups excluding carboxylic acids is 2. The fourth-order valence-corrected chi connectivity index (χ4v) is 3.82. The van der Waals surface area contributed by atoms with E-state index in [9.17, 15) is 18.0 Å². The highest BCUT2D eigenvalue weighted by atomic mass is 32.2. The van der Waals surface area contributed by atoms with Gasteiger partial charge in [-0.15, -0.1) is 0 Å². The lowest BCUT2D eigenvalue weighted by atomic mass is 10.1. The summed E-state index contributed by atoms with van der Waals surface area (Å²) in [4.78, 5) is 23.7. The van der Waals surface area contributed by atoms with Gasteiger partial charge in [0.1, 0.15) is 16.9 Å². The van der Waals surface area contributed by atoms with Crippen molar-refractivity contribution in [2.45, 2.75) is 63.9 Å². The van der Waals surface area contributed by atoms with Crippen molar-refractivity contribution < 1.29 is 22.7 Å². The van der Waals surface area contributed by atoms with Gasteiger partial charge in [-0.1, -0.05) is 6.42 Å². The summed E-state index contributed by atoms with van der Waals surface area (Å²) in [6.45, 7) is 6.67.